The number of nitrogens with one attached hydrogen (secondary N) is 2. The smallest absolute Gasteiger partial charge is 0.269 e. The first-order valence-corrected chi connectivity index (χ1v) is 9.46. The van der Waals surface area contributed by atoms with Gasteiger partial charge in [0.1, 0.15) is 17.3 Å². The number of hydrogen-bond acceptors (Lipinski definition) is 3. The number of carbonyl (C=O) groups excluding carboxylic acids is 1. The summed E-state index contributed by atoms with van der Waals surface area (Å²) in [5.41, 5.74) is 2.38. The summed E-state index contributed by atoms with van der Waals surface area (Å²) in [5, 5.41) is 10.0. The van der Waals surface area contributed by atoms with E-state index >= 15 is 0 Å². The van der Waals surface area contributed by atoms with E-state index < -0.39 is 5.82 Å². The molecule has 146 valence electrons. The Morgan fingerprint density at radius 3 is 2.86 bits per heavy atom. The molecule has 0 aliphatic heterocycles. The predicted molar refractivity (Wildman–Crippen MR) is 107 cm³/mol. The van der Waals surface area contributed by atoms with E-state index in [0.717, 1.165) is 24.2 Å². The second-order valence-corrected chi connectivity index (χ2v) is 6.69. The Hall–Kier alpha value is -2.86. The Kier molecular flexibility index (Phi) is 6.66. The summed E-state index contributed by atoms with van der Waals surface area (Å²) < 4.78 is 18.9. The van der Waals surface area contributed by atoms with Crippen molar-refractivity contribution in [1.29, 1.82) is 0 Å². The number of aromatic nitrogens is 2. The van der Waals surface area contributed by atoms with Crippen LogP contribution in [-0.2, 0) is 6.54 Å². The van der Waals surface area contributed by atoms with Crippen molar-refractivity contribution in [3.63, 3.8) is 0 Å². The largest absolute Gasteiger partial charge is 0.493 e. The lowest BCUT2D eigenvalue weighted by Gasteiger charge is -2.09. The fraction of sp³-hybridized carbons (Fsp3) is 0.238. The van der Waals surface area contributed by atoms with Crippen LogP contribution in [0.25, 0.3) is 11.3 Å². The molecule has 2 N–H and O–H groups in total. The SMILES string of the molecule is CCCCOc1ccccc1-c1cc(C(=O)NCc2ccc(F)cc2Cl)[nH]n1. The maximum absolute atomic E-state index is 13.1. The number of aromatic amines is 1. The Bertz CT molecular complexity index is 958. The summed E-state index contributed by atoms with van der Waals surface area (Å²) in [7, 11) is 0. The fourth-order valence-corrected chi connectivity index (χ4v) is 2.88. The van der Waals surface area contributed by atoms with E-state index in [1.807, 2.05) is 24.3 Å². The molecule has 28 heavy (non-hydrogen) atoms. The van der Waals surface area contributed by atoms with Crippen molar-refractivity contribution in [2.75, 3.05) is 6.61 Å². The number of amides is 1. The second kappa shape index (κ2) is 9.37. The highest BCUT2D eigenvalue weighted by Crippen LogP contribution is 2.29. The molecule has 0 aliphatic carbocycles. The molecule has 0 unspecified atom stereocenters. The van der Waals surface area contributed by atoms with Gasteiger partial charge >= 0.3 is 0 Å². The maximum Gasteiger partial charge on any atom is 0.269 e. The zero-order chi connectivity index (χ0) is 19.9. The molecule has 0 aliphatic rings. The third kappa shape index (κ3) is 4.89. The number of H-pyrrole nitrogens is 1. The number of unbranched alkanes of at least 4 members (excludes halogenated alkanes) is 1. The molecular weight excluding hydrogens is 381 g/mol. The molecule has 1 heterocycles. The van der Waals surface area contributed by atoms with Gasteiger partial charge in [0.05, 0.1) is 12.3 Å². The van der Waals surface area contributed by atoms with Gasteiger partial charge in [0.25, 0.3) is 5.91 Å². The van der Waals surface area contributed by atoms with Crippen LogP contribution in [0.3, 0.4) is 0 Å². The number of ether oxygens (including phenoxy) is 1. The highest BCUT2D eigenvalue weighted by atomic mass is 35.5. The lowest BCUT2D eigenvalue weighted by atomic mass is 10.1. The summed E-state index contributed by atoms with van der Waals surface area (Å²) in [6.07, 6.45) is 2.02. The summed E-state index contributed by atoms with van der Waals surface area (Å²) >= 11 is 5.99. The van der Waals surface area contributed by atoms with Gasteiger partial charge < -0.3 is 10.1 Å². The quantitative estimate of drug-likeness (QED) is 0.523. The van der Waals surface area contributed by atoms with Crippen molar-refractivity contribution in [2.45, 2.75) is 26.3 Å². The van der Waals surface area contributed by atoms with Gasteiger partial charge in [0, 0.05) is 17.1 Å². The Morgan fingerprint density at radius 1 is 1.25 bits per heavy atom. The first kappa shape index (κ1) is 19.9. The summed E-state index contributed by atoms with van der Waals surface area (Å²) in [5.74, 6) is -0.0193. The monoisotopic (exact) mass is 401 g/mol. The van der Waals surface area contributed by atoms with E-state index in [1.165, 1.54) is 12.1 Å². The Labute approximate surface area is 167 Å². The predicted octanol–water partition coefficient (Wildman–Crippen LogP) is 4.98. The normalized spacial score (nSPS) is 10.7. The molecule has 1 amide bonds. The molecule has 0 bridgehead atoms. The second-order valence-electron chi connectivity index (χ2n) is 6.28. The van der Waals surface area contributed by atoms with Crippen LogP contribution in [0.4, 0.5) is 4.39 Å². The molecule has 1 aromatic heterocycles. The van der Waals surface area contributed by atoms with Gasteiger partial charge in [-0.1, -0.05) is 43.1 Å². The molecule has 0 atom stereocenters. The van der Waals surface area contributed by atoms with Crippen molar-refractivity contribution in [1.82, 2.24) is 15.5 Å². The molecule has 0 saturated carbocycles. The van der Waals surface area contributed by atoms with E-state index in [0.29, 0.717) is 23.6 Å². The van der Waals surface area contributed by atoms with Crippen molar-refractivity contribution >= 4 is 17.5 Å². The lowest BCUT2D eigenvalue weighted by Crippen LogP contribution is -2.23. The molecule has 0 saturated heterocycles. The molecule has 2 aromatic carbocycles. The summed E-state index contributed by atoms with van der Waals surface area (Å²) in [6, 6.07) is 13.3. The topological polar surface area (TPSA) is 67.0 Å². The van der Waals surface area contributed by atoms with E-state index in [2.05, 4.69) is 22.4 Å². The number of para-hydroxylation sites is 1. The first-order valence-electron chi connectivity index (χ1n) is 9.08. The van der Waals surface area contributed by atoms with E-state index in [9.17, 15) is 9.18 Å². The molecule has 7 heteroatoms. The van der Waals surface area contributed by atoms with Crippen LogP contribution in [0.15, 0.2) is 48.5 Å². The molecular formula is C21H21ClFN3O2. The van der Waals surface area contributed by atoms with Gasteiger partial charge in [-0.3, -0.25) is 9.89 Å². The molecule has 5 nitrogen and oxygen atoms in total. The van der Waals surface area contributed by atoms with Gasteiger partial charge in [-0.25, -0.2) is 4.39 Å². The van der Waals surface area contributed by atoms with Crippen LogP contribution in [0, 0.1) is 5.82 Å². The van der Waals surface area contributed by atoms with Gasteiger partial charge in [-0.2, -0.15) is 5.10 Å². The van der Waals surface area contributed by atoms with E-state index in [-0.39, 0.29) is 17.5 Å². The molecule has 0 fully saturated rings. The van der Waals surface area contributed by atoms with Crippen molar-refractivity contribution in [3.05, 3.63) is 70.6 Å². The van der Waals surface area contributed by atoms with Crippen LogP contribution in [0.1, 0.15) is 35.8 Å². The van der Waals surface area contributed by atoms with Crippen LogP contribution < -0.4 is 10.1 Å². The summed E-state index contributed by atoms with van der Waals surface area (Å²) in [6.45, 7) is 2.92. The van der Waals surface area contributed by atoms with Crippen LogP contribution in [0.2, 0.25) is 5.02 Å². The number of rotatable bonds is 8. The Balaban J connectivity index is 1.69. The molecule has 3 rings (SSSR count). The number of carbonyl (C=O) groups is 1. The minimum absolute atomic E-state index is 0.184. The summed E-state index contributed by atoms with van der Waals surface area (Å²) in [4.78, 5) is 12.4. The number of hydrogen-bond donors (Lipinski definition) is 2. The number of benzene rings is 2. The molecule has 0 radical (unpaired) electrons. The average Bonchev–Trinajstić information content (AvgIpc) is 3.18. The fourth-order valence-electron chi connectivity index (χ4n) is 2.64. The van der Waals surface area contributed by atoms with Gasteiger partial charge in [-0.05, 0) is 42.3 Å². The standard InChI is InChI=1S/C21H21ClFN3O2/c1-2-3-10-28-20-7-5-4-6-16(20)18-12-19(26-25-18)21(27)24-13-14-8-9-15(23)11-17(14)22/h4-9,11-12H,2-3,10,13H2,1H3,(H,24,27)(H,25,26). The maximum atomic E-state index is 13.1. The van der Waals surface area contributed by atoms with Crippen molar-refractivity contribution < 1.29 is 13.9 Å². The highest BCUT2D eigenvalue weighted by Gasteiger charge is 2.14. The van der Waals surface area contributed by atoms with Crippen LogP contribution in [-0.4, -0.2) is 22.7 Å². The number of halogens is 2. The van der Waals surface area contributed by atoms with Crippen molar-refractivity contribution in [3.8, 4) is 17.0 Å². The third-order valence-electron chi connectivity index (χ3n) is 4.20. The van der Waals surface area contributed by atoms with Crippen molar-refractivity contribution in [2.24, 2.45) is 0 Å². The number of nitrogens with zero attached hydrogens (tertiary/aromatic N) is 1. The first-order chi connectivity index (χ1) is 13.6. The highest BCUT2D eigenvalue weighted by molar-refractivity contribution is 6.31. The minimum atomic E-state index is -0.418. The van der Waals surface area contributed by atoms with Crippen LogP contribution >= 0.6 is 11.6 Å². The zero-order valence-electron chi connectivity index (χ0n) is 15.5. The van der Waals surface area contributed by atoms with E-state index in [1.54, 1.807) is 12.1 Å². The van der Waals surface area contributed by atoms with E-state index in [4.69, 9.17) is 16.3 Å². The minimum Gasteiger partial charge on any atom is -0.493 e. The molecule has 3 aromatic rings. The lowest BCUT2D eigenvalue weighted by molar-refractivity contribution is 0.0946. The Morgan fingerprint density at radius 2 is 2.07 bits per heavy atom. The molecule has 0 spiro atoms. The van der Waals surface area contributed by atoms with Gasteiger partial charge in [-0.15, -0.1) is 0 Å². The average molecular weight is 402 g/mol. The van der Waals surface area contributed by atoms with Crippen LogP contribution in [0.5, 0.6) is 5.75 Å². The third-order valence-corrected chi connectivity index (χ3v) is 4.55. The zero-order valence-corrected chi connectivity index (χ0v) is 16.2. The van der Waals surface area contributed by atoms with Gasteiger partial charge in [0.15, 0.2) is 0 Å². The van der Waals surface area contributed by atoms with Gasteiger partial charge in [0.2, 0.25) is 0 Å².